The van der Waals surface area contributed by atoms with Crippen molar-refractivity contribution in [3.05, 3.63) is 47.4 Å². The van der Waals surface area contributed by atoms with Gasteiger partial charge in [-0.2, -0.15) is 9.50 Å². The molecule has 0 atom stereocenters. The molecule has 0 bridgehead atoms. The van der Waals surface area contributed by atoms with E-state index in [1.54, 1.807) is 6.20 Å². The molecule has 0 radical (unpaired) electrons. The van der Waals surface area contributed by atoms with E-state index in [2.05, 4.69) is 15.1 Å². The lowest BCUT2D eigenvalue weighted by Crippen LogP contribution is -2.10. The zero-order valence-corrected chi connectivity index (χ0v) is 11.6. The van der Waals surface area contributed by atoms with Gasteiger partial charge in [0, 0.05) is 22.7 Å². The molecule has 4 rings (SSSR count). The average Bonchev–Trinajstić information content (AvgIpc) is 2.80. The highest BCUT2D eigenvalue weighted by Gasteiger charge is 2.24. The van der Waals surface area contributed by atoms with Gasteiger partial charge < -0.3 is 0 Å². The Labute approximate surface area is 121 Å². The second kappa shape index (κ2) is 4.56. The third-order valence-corrected chi connectivity index (χ3v) is 4.12. The minimum atomic E-state index is 0.509. The Morgan fingerprint density at radius 1 is 1.10 bits per heavy atom. The first kappa shape index (κ1) is 11.9. The molecule has 100 valence electrons. The van der Waals surface area contributed by atoms with Crippen LogP contribution in [0.3, 0.4) is 0 Å². The van der Waals surface area contributed by atoms with Crippen LogP contribution in [0.4, 0.5) is 0 Å². The molecule has 0 unspecified atom stereocenters. The first-order valence-electron chi connectivity index (χ1n) is 6.79. The lowest BCUT2D eigenvalue weighted by molar-refractivity contribution is 0.402. The lowest BCUT2D eigenvalue weighted by Gasteiger charge is -2.21. The zero-order chi connectivity index (χ0) is 13.5. The number of hydrogen-bond acceptors (Lipinski definition) is 3. The Morgan fingerprint density at radius 3 is 2.60 bits per heavy atom. The predicted octanol–water partition coefficient (Wildman–Crippen LogP) is 3.71. The Hall–Kier alpha value is -1.94. The van der Waals surface area contributed by atoms with Crippen LogP contribution in [0.2, 0.25) is 5.02 Å². The zero-order valence-electron chi connectivity index (χ0n) is 10.8. The second-order valence-corrected chi connectivity index (χ2v) is 5.58. The maximum atomic E-state index is 5.94. The molecule has 2 heterocycles. The summed E-state index contributed by atoms with van der Waals surface area (Å²) in [5.41, 5.74) is 2.05. The van der Waals surface area contributed by atoms with Gasteiger partial charge in [0.25, 0.3) is 5.78 Å². The third-order valence-electron chi connectivity index (χ3n) is 3.87. The molecule has 3 aromatic rings. The van der Waals surface area contributed by atoms with Crippen molar-refractivity contribution >= 4 is 17.4 Å². The minimum Gasteiger partial charge on any atom is -0.220 e. The highest BCUT2D eigenvalue weighted by atomic mass is 35.5. The largest absolute Gasteiger partial charge is 0.252 e. The minimum absolute atomic E-state index is 0.509. The molecule has 0 aliphatic heterocycles. The van der Waals surface area contributed by atoms with Gasteiger partial charge in [-0.3, -0.25) is 0 Å². The van der Waals surface area contributed by atoms with Crippen LogP contribution >= 0.6 is 11.6 Å². The summed E-state index contributed by atoms with van der Waals surface area (Å²) in [5, 5.41) is 5.37. The van der Waals surface area contributed by atoms with Gasteiger partial charge in [0.05, 0.1) is 5.69 Å². The monoisotopic (exact) mass is 284 g/mol. The van der Waals surface area contributed by atoms with Crippen LogP contribution in [0.5, 0.6) is 0 Å². The number of halogens is 1. The van der Waals surface area contributed by atoms with Crippen LogP contribution in [0, 0.1) is 0 Å². The second-order valence-electron chi connectivity index (χ2n) is 5.15. The number of benzene rings is 1. The van der Waals surface area contributed by atoms with Crippen LogP contribution in [0.1, 0.15) is 31.0 Å². The Kier molecular flexibility index (Phi) is 2.70. The van der Waals surface area contributed by atoms with E-state index in [0.29, 0.717) is 11.7 Å². The summed E-state index contributed by atoms with van der Waals surface area (Å²) in [6.07, 6.45) is 5.43. The van der Waals surface area contributed by atoms with E-state index in [0.717, 1.165) is 22.1 Å². The van der Waals surface area contributed by atoms with Gasteiger partial charge in [0.2, 0.25) is 0 Å². The highest BCUT2D eigenvalue weighted by Crippen LogP contribution is 2.34. The normalized spacial score (nSPS) is 15.4. The number of rotatable bonds is 2. The van der Waals surface area contributed by atoms with E-state index in [9.17, 15) is 0 Å². The summed E-state index contributed by atoms with van der Waals surface area (Å²) in [5.74, 6) is 2.10. The summed E-state index contributed by atoms with van der Waals surface area (Å²) in [6.45, 7) is 0. The Morgan fingerprint density at radius 2 is 1.90 bits per heavy atom. The standard InChI is InChI=1S/C15H13ClN4/c16-12-6-4-10(5-7-12)13-8-9-17-15-18-14(19-20(13)15)11-2-1-3-11/h4-9,11H,1-3H2. The topological polar surface area (TPSA) is 43.1 Å². The van der Waals surface area contributed by atoms with Crippen molar-refractivity contribution in [2.75, 3.05) is 0 Å². The van der Waals surface area contributed by atoms with Crippen molar-refractivity contribution in [2.24, 2.45) is 0 Å². The molecule has 1 aliphatic rings. The molecule has 0 saturated heterocycles. The van der Waals surface area contributed by atoms with Gasteiger partial charge in [-0.15, -0.1) is 5.10 Å². The van der Waals surface area contributed by atoms with Crippen molar-refractivity contribution in [2.45, 2.75) is 25.2 Å². The highest BCUT2D eigenvalue weighted by molar-refractivity contribution is 6.30. The summed E-state index contributed by atoms with van der Waals surface area (Å²) >= 11 is 5.94. The number of hydrogen-bond donors (Lipinski definition) is 0. The summed E-state index contributed by atoms with van der Waals surface area (Å²) in [7, 11) is 0. The van der Waals surface area contributed by atoms with E-state index in [1.807, 2.05) is 34.8 Å². The van der Waals surface area contributed by atoms with Gasteiger partial charge in [-0.05, 0) is 31.0 Å². The molecule has 1 aliphatic carbocycles. The molecule has 0 spiro atoms. The molecule has 20 heavy (non-hydrogen) atoms. The van der Waals surface area contributed by atoms with Crippen LogP contribution in [-0.2, 0) is 0 Å². The van der Waals surface area contributed by atoms with Crippen molar-refractivity contribution in [3.8, 4) is 11.3 Å². The maximum Gasteiger partial charge on any atom is 0.252 e. The number of aromatic nitrogens is 4. The van der Waals surface area contributed by atoms with Crippen LogP contribution in [0.25, 0.3) is 17.0 Å². The number of nitrogens with zero attached hydrogens (tertiary/aromatic N) is 4. The van der Waals surface area contributed by atoms with E-state index in [1.165, 1.54) is 19.3 Å². The molecule has 1 aromatic carbocycles. The third kappa shape index (κ3) is 1.88. The van der Waals surface area contributed by atoms with Crippen LogP contribution < -0.4 is 0 Å². The fraction of sp³-hybridized carbons (Fsp3) is 0.267. The lowest BCUT2D eigenvalue weighted by atomic mass is 9.85. The van der Waals surface area contributed by atoms with Gasteiger partial charge in [-0.1, -0.05) is 30.2 Å². The molecule has 1 fully saturated rings. The molecule has 1 saturated carbocycles. The molecule has 5 heteroatoms. The molecule has 0 N–H and O–H groups in total. The predicted molar refractivity (Wildman–Crippen MR) is 77.8 cm³/mol. The van der Waals surface area contributed by atoms with E-state index in [4.69, 9.17) is 11.6 Å². The van der Waals surface area contributed by atoms with Crippen molar-refractivity contribution in [3.63, 3.8) is 0 Å². The van der Waals surface area contributed by atoms with Gasteiger partial charge in [-0.25, -0.2) is 4.98 Å². The van der Waals surface area contributed by atoms with E-state index < -0.39 is 0 Å². The summed E-state index contributed by atoms with van der Waals surface area (Å²) < 4.78 is 1.83. The fourth-order valence-electron chi connectivity index (χ4n) is 2.49. The van der Waals surface area contributed by atoms with E-state index >= 15 is 0 Å². The Bertz CT molecular complexity index is 759. The Balaban J connectivity index is 1.86. The fourth-order valence-corrected chi connectivity index (χ4v) is 2.61. The first-order valence-corrected chi connectivity index (χ1v) is 7.17. The molecular weight excluding hydrogens is 272 g/mol. The van der Waals surface area contributed by atoms with Gasteiger partial charge in [0.1, 0.15) is 0 Å². The first-order chi connectivity index (χ1) is 9.81. The maximum absolute atomic E-state index is 5.94. The van der Waals surface area contributed by atoms with Crippen LogP contribution in [0.15, 0.2) is 36.5 Å². The summed E-state index contributed by atoms with van der Waals surface area (Å²) in [4.78, 5) is 8.86. The SMILES string of the molecule is Clc1ccc(-c2ccnc3nc(C4CCC4)nn23)cc1. The van der Waals surface area contributed by atoms with Crippen LogP contribution in [-0.4, -0.2) is 19.6 Å². The van der Waals surface area contributed by atoms with Crippen molar-refractivity contribution < 1.29 is 0 Å². The van der Waals surface area contributed by atoms with Gasteiger partial charge in [0.15, 0.2) is 5.82 Å². The van der Waals surface area contributed by atoms with Crippen molar-refractivity contribution in [1.29, 1.82) is 0 Å². The molecule has 0 amide bonds. The quantitative estimate of drug-likeness (QED) is 0.720. The molecular formula is C15H13ClN4. The van der Waals surface area contributed by atoms with E-state index in [-0.39, 0.29) is 0 Å². The van der Waals surface area contributed by atoms with Crippen molar-refractivity contribution in [1.82, 2.24) is 19.6 Å². The molecule has 2 aromatic heterocycles. The molecule has 4 nitrogen and oxygen atoms in total. The van der Waals surface area contributed by atoms with Gasteiger partial charge >= 0.3 is 0 Å². The summed E-state index contributed by atoms with van der Waals surface area (Å²) in [6, 6.07) is 9.69. The average molecular weight is 285 g/mol. The number of fused-ring (bicyclic) bond motifs is 1. The smallest absolute Gasteiger partial charge is 0.220 e.